The Hall–Kier alpha value is -1.39. The predicted octanol–water partition coefficient (Wildman–Crippen LogP) is 2.65. The number of rotatable bonds is 5. The SMILES string of the molecule is CCCn1nncc1C(NC)c1ccccc1Cl. The summed E-state index contributed by atoms with van der Waals surface area (Å²) in [6.07, 6.45) is 2.81. The van der Waals surface area contributed by atoms with Crippen molar-refractivity contribution in [3.05, 3.63) is 46.7 Å². The molecule has 0 aliphatic rings. The Balaban J connectivity index is 2.39. The van der Waals surface area contributed by atoms with Crippen LogP contribution in [-0.4, -0.2) is 22.0 Å². The van der Waals surface area contributed by atoms with Crippen LogP contribution < -0.4 is 5.32 Å². The van der Waals surface area contributed by atoms with Crippen molar-refractivity contribution in [2.45, 2.75) is 25.9 Å². The van der Waals surface area contributed by atoms with E-state index in [0.717, 1.165) is 29.2 Å². The zero-order valence-electron chi connectivity index (χ0n) is 10.6. The van der Waals surface area contributed by atoms with Gasteiger partial charge in [-0.3, -0.25) is 0 Å². The summed E-state index contributed by atoms with van der Waals surface area (Å²) < 4.78 is 1.92. The number of hydrogen-bond acceptors (Lipinski definition) is 3. The molecule has 0 aliphatic carbocycles. The van der Waals surface area contributed by atoms with Crippen LogP contribution in [0, 0.1) is 0 Å². The maximum absolute atomic E-state index is 6.25. The molecule has 0 fully saturated rings. The quantitative estimate of drug-likeness (QED) is 0.903. The first-order valence-electron chi connectivity index (χ1n) is 6.08. The minimum absolute atomic E-state index is 0.0141. The van der Waals surface area contributed by atoms with Gasteiger partial charge < -0.3 is 5.32 Å². The van der Waals surface area contributed by atoms with Crippen molar-refractivity contribution in [2.75, 3.05) is 7.05 Å². The first kappa shape index (κ1) is 13.1. The molecular formula is C13H17ClN4. The number of aromatic nitrogens is 3. The number of hydrogen-bond donors (Lipinski definition) is 1. The fourth-order valence-corrected chi connectivity index (χ4v) is 2.29. The third-order valence-corrected chi connectivity index (χ3v) is 3.23. The summed E-state index contributed by atoms with van der Waals surface area (Å²) in [7, 11) is 1.91. The second-order valence-corrected chi connectivity index (χ2v) is 4.53. The topological polar surface area (TPSA) is 42.7 Å². The van der Waals surface area contributed by atoms with Crippen LogP contribution in [0.25, 0.3) is 0 Å². The van der Waals surface area contributed by atoms with Crippen LogP contribution >= 0.6 is 11.6 Å². The van der Waals surface area contributed by atoms with E-state index >= 15 is 0 Å². The van der Waals surface area contributed by atoms with Crippen LogP contribution in [0.5, 0.6) is 0 Å². The van der Waals surface area contributed by atoms with Gasteiger partial charge in [-0.2, -0.15) is 0 Å². The van der Waals surface area contributed by atoms with E-state index in [0.29, 0.717) is 0 Å². The van der Waals surface area contributed by atoms with Crippen molar-refractivity contribution in [3.8, 4) is 0 Å². The van der Waals surface area contributed by atoms with Crippen molar-refractivity contribution in [3.63, 3.8) is 0 Å². The van der Waals surface area contributed by atoms with E-state index in [-0.39, 0.29) is 6.04 Å². The molecule has 18 heavy (non-hydrogen) atoms. The molecule has 4 nitrogen and oxygen atoms in total. The van der Waals surface area contributed by atoms with Gasteiger partial charge in [0.2, 0.25) is 0 Å². The highest BCUT2D eigenvalue weighted by Gasteiger charge is 2.19. The molecule has 0 saturated carbocycles. The van der Waals surface area contributed by atoms with Gasteiger partial charge in [0.05, 0.1) is 17.9 Å². The number of nitrogens with zero attached hydrogens (tertiary/aromatic N) is 3. The molecule has 1 N–H and O–H groups in total. The van der Waals surface area contributed by atoms with Crippen LogP contribution in [0.1, 0.15) is 30.6 Å². The highest BCUT2D eigenvalue weighted by molar-refractivity contribution is 6.31. The van der Waals surface area contributed by atoms with E-state index < -0.39 is 0 Å². The maximum Gasteiger partial charge on any atom is 0.0802 e. The number of nitrogens with one attached hydrogen (secondary N) is 1. The Bertz CT molecular complexity index is 509. The minimum atomic E-state index is 0.0141. The lowest BCUT2D eigenvalue weighted by Crippen LogP contribution is -2.22. The highest BCUT2D eigenvalue weighted by Crippen LogP contribution is 2.27. The second-order valence-electron chi connectivity index (χ2n) is 4.13. The molecular weight excluding hydrogens is 248 g/mol. The summed E-state index contributed by atoms with van der Waals surface area (Å²) >= 11 is 6.25. The van der Waals surface area contributed by atoms with Crippen LogP contribution in [-0.2, 0) is 6.54 Å². The van der Waals surface area contributed by atoms with Gasteiger partial charge in [-0.1, -0.05) is 41.9 Å². The molecule has 0 saturated heterocycles. The zero-order chi connectivity index (χ0) is 13.0. The van der Waals surface area contributed by atoms with Gasteiger partial charge in [0.15, 0.2) is 0 Å². The lowest BCUT2D eigenvalue weighted by atomic mass is 10.0. The average Bonchev–Trinajstić information content (AvgIpc) is 2.82. The zero-order valence-corrected chi connectivity index (χ0v) is 11.4. The fraction of sp³-hybridized carbons (Fsp3) is 0.385. The molecule has 0 spiro atoms. The first-order valence-corrected chi connectivity index (χ1v) is 6.45. The largest absolute Gasteiger partial charge is 0.308 e. The minimum Gasteiger partial charge on any atom is -0.308 e. The summed E-state index contributed by atoms with van der Waals surface area (Å²) in [4.78, 5) is 0. The predicted molar refractivity (Wildman–Crippen MR) is 72.7 cm³/mol. The molecule has 1 atom stereocenters. The van der Waals surface area contributed by atoms with Crippen LogP contribution in [0.3, 0.4) is 0 Å². The van der Waals surface area contributed by atoms with E-state index in [1.807, 2.05) is 36.0 Å². The normalized spacial score (nSPS) is 12.6. The summed E-state index contributed by atoms with van der Waals surface area (Å²) in [5.74, 6) is 0. The maximum atomic E-state index is 6.25. The standard InChI is InChI=1S/C13H17ClN4/c1-3-8-18-12(9-16-17-18)13(15-2)10-6-4-5-7-11(10)14/h4-7,9,13,15H,3,8H2,1-2H3. The lowest BCUT2D eigenvalue weighted by molar-refractivity contribution is 0.523. The molecule has 1 unspecified atom stereocenters. The smallest absolute Gasteiger partial charge is 0.0802 e. The average molecular weight is 265 g/mol. The van der Waals surface area contributed by atoms with Gasteiger partial charge in [0, 0.05) is 11.6 Å². The van der Waals surface area contributed by atoms with E-state index in [2.05, 4.69) is 22.6 Å². The Morgan fingerprint density at radius 1 is 1.39 bits per heavy atom. The molecule has 0 aliphatic heterocycles. The van der Waals surface area contributed by atoms with Gasteiger partial charge in [-0.15, -0.1) is 5.10 Å². The van der Waals surface area contributed by atoms with Gasteiger partial charge >= 0.3 is 0 Å². The molecule has 0 bridgehead atoms. The third-order valence-electron chi connectivity index (χ3n) is 2.88. The molecule has 1 aromatic heterocycles. The molecule has 1 aromatic carbocycles. The second kappa shape index (κ2) is 5.98. The van der Waals surface area contributed by atoms with Crippen molar-refractivity contribution in [1.82, 2.24) is 20.3 Å². The van der Waals surface area contributed by atoms with Crippen LogP contribution in [0.15, 0.2) is 30.5 Å². The highest BCUT2D eigenvalue weighted by atomic mass is 35.5. The Morgan fingerprint density at radius 3 is 2.83 bits per heavy atom. The molecule has 96 valence electrons. The lowest BCUT2D eigenvalue weighted by Gasteiger charge is -2.18. The number of benzene rings is 1. The Labute approximate surface area is 112 Å². The fourth-order valence-electron chi connectivity index (χ4n) is 2.05. The first-order chi connectivity index (χ1) is 8.77. The van der Waals surface area contributed by atoms with E-state index in [9.17, 15) is 0 Å². The summed E-state index contributed by atoms with van der Waals surface area (Å²) in [6, 6.07) is 7.85. The molecule has 1 heterocycles. The van der Waals surface area contributed by atoms with Gasteiger partial charge in [-0.25, -0.2) is 4.68 Å². The van der Waals surface area contributed by atoms with E-state index in [4.69, 9.17) is 11.6 Å². The summed E-state index contributed by atoms with van der Waals surface area (Å²) in [6.45, 7) is 2.98. The third kappa shape index (κ3) is 2.54. The van der Waals surface area contributed by atoms with Gasteiger partial charge in [-0.05, 0) is 25.1 Å². The monoisotopic (exact) mass is 264 g/mol. The van der Waals surface area contributed by atoms with Gasteiger partial charge in [0.25, 0.3) is 0 Å². The van der Waals surface area contributed by atoms with Crippen molar-refractivity contribution in [2.24, 2.45) is 0 Å². The van der Waals surface area contributed by atoms with E-state index in [1.54, 1.807) is 6.20 Å². The van der Waals surface area contributed by atoms with Crippen molar-refractivity contribution >= 4 is 11.6 Å². The van der Waals surface area contributed by atoms with Crippen LogP contribution in [0.4, 0.5) is 0 Å². The molecule has 2 aromatic rings. The van der Waals surface area contributed by atoms with Crippen LogP contribution in [0.2, 0.25) is 5.02 Å². The van der Waals surface area contributed by atoms with Gasteiger partial charge in [0.1, 0.15) is 0 Å². The summed E-state index contributed by atoms with van der Waals surface area (Å²) in [5.41, 5.74) is 2.08. The molecule has 0 amide bonds. The van der Waals surface area contributed by atoms with E-state index in [1.165, 1.54) is 0 Å². The molecule has 2 rings (SSSR count). The molecule has 0 radical (unpaired) electrons. The van der Waals surface area contributed by atoms with Crippen molar-refractivity contribution < 1.29 is 0 Å². The Morgan fingerprint density at radius 2 is 2.17 bits per heavy atom. The number of aryl methyl sites for hydroxylation is 1. The summed E-state index contributed by atoms with van der Waals surface area (Å²) in [5, 5.41) is 12.1. The van der Waals surface area contributed by atoms with Crippen molar-refractivity contribution in [1.29, 1.82) is 0 Å². The molecule has 5 heteroatoms. The number of halogens is 1. The Kier molecular flexibility index (Phi) is 4.33.